The van der Waals surface area contributed by atoms with E-state index >= 15 is 0 Å². The number of rotatable bonds is 2. The predicted octanol–water partition coefficient (Wildman–Crippen LogP) is 2.66. The summed E-state index contributed by atoms with van der Waals surface area (Å²) in [6, 6.07) is 6.56. The number of nitrogen functional groups attached to an aromatic ring is 1. The third kappa shape index (κ3) is 2.78. The second-order valence-corrected chi connectivity index (χ2v) is 4.58. The topological polar surface area (TPSA) is 83.8 Å². The van der Waals surface area contributed by atoms with Crippen molar-refractivity contribution in [1.29, 1.82) is 0 Å². The van der Waals surface area contributed by atoms with Crippen LogP contribution in [0.15, 0.2) is 28.7 Å². The third-order valence-electron chi connectivity index (χ3n) is 2.02. The average Bonchev–Trinajstić information content (AvgIpc) is 2.70. The van der Waals surface area contributed by atoms with E-state index in [0.29, 0.717) is 10.7 Å². The Morgan fingerprint density at radius 1 is 1.47 bits per heavy atom. The summed E-state index contributed by atoms with van der Waals surface area (Å²) >= 11 is 9.15. The van der Waals surface area contributed by atoms with Gasteiger partial charge in [-0.2, -0.15) is 5.10 Å². The van der Waals surface area contributed by atoms with Gasteiger partial charge < -0.3 is 11.1 Å². The van der Waals surface area contributed by atoms with E-state index in [1.807, 2.05) is 0 Å². The van der Waals surface area contributed by atoms with Crippen LogP contribution in [0.25, 0.3) is 0 Å². The van der Waals surface area contributed by atoms with Crippen LogP contribution in [0.3, 0.4) is 0 Å². The fourth-order valence-corrected chi connectivity index (χ4v) is 1.75. The maximum absolute atomic E-state index is 11.8. The summed E-state index contributed by atoms with van der Waals surface area (Å²) in [5, 5.41) is 9.42. The molecule has 1 heterocycles. The van der Waals surface area contributed by atoms with Crippen molar-refractivity contribution < 1.29 is 4.79 Å². The molecule has 17 heavy (non-hydrogen) atoms. The highest BCUT2D eigenvalue weighted by atomic mass is 79.9. The van der Waals surface area contributed by atoms with E-state index in [1.165, 1.54) is 6.07 Å². The molecule has 0 unspecified atom stereocenters. The number of benzene rings is 1. The van der Waals surface area contributed by atoms with Crippen LogP contribution < -0.4 is 11.1 Å². The molecule has 0 aliphatic heterocycles. The molecule has 1 amide bonds. The minimum absolute atomic E-state index is 0.264. The van der Waals surface area contributed by atoms with Gasteiger partial charge in [-0.25, -0.2) is 0 Å². The summed E-state index contributed by atoms with van der Waals surface area (Å²) in [6.07, 6.45) is 0. The number of nitrogens with two attached hydrogens (primary N) is 1. The van der Waals surface area contributed by atoms with E-state index in [2.05, 4.69) is 31.4 Å². The second kappa shape index (κ2) is 4.77. The van der Waals surface area contributed by atoms with Gasteiger partial charge in [0.15, 0.2) is 0 Å². The van der Waals surface area contributed by atoms with Gasteiger partial charge in [0.2, 0.25) is 0 Å². The van der Waals surface area contributed by atoms with Crippen LogP contribution in [0.2, 0.25) is 5.02 Å². The number of aromatic amines is 1. The highest BCUT2D eigenvalue weighted by Crippen LogP contribution is 2.26. The van der Waals surface area contributed by atoms with Gasteiger partial charge in [-0.3, -0.25) is 9.89 Å². The van der Waals surface area contributed by atoms with Crippen molar-refractivity contribution in [1.82, 2.24) is 10.2 Å². The number of anilines is 2. The number of aromatic nitrogens is 2. The number of carbonyl (C=O) groups is 1. The maximum Gasteiger partial charge on any atom is 0.273 e. The molecular weight excluding hydrogens is 307 g/mol. The average molecular weight is 316 g/mol. The molecule has 0 aliphatic rings. The Kier molecular flexibility index (Phi) is 3.35. The van der Waals surface area contributed by atoms with E-state index in [4.69, 9.17) is 17.3 Å². The van der Waals surface area contributed by atoms with Crippen LogP contribution in [0.5, 0.6) is 0 Å². The first-order valence-electron chi connectivity index (χ1n) is 4.63. The minimum Gasteiger partial charge on any atom is -0.382 e. The number of hydrogen-bond donors (Lipinski definition) is 3. The standard InChI is InChI=1S/C10H8BrClN4O/c11-6-2-1-5(12)3-7(6)14-10(17)8-4-9(13)16-15-8/h1-4H,(H,14,17)(H3,13,15,16). The Morgan fingerprint density at radius 3 is 2.88 bits per heavy atom. The van der Waals surface area contributed by atoms with E-state index in [1.54, 1.807) is 18.2 Å². The smallest absolute Gasteiger partial charge is 0.273 e. The molecule has 0 saturated heterocycles. The zero-order valence-electron chi connectivity index (χ0n) is 8.50. The molecule has 0 saturated carbocycles. The van der Waals surface area contributed by atoms with Gasteiger partial charge >= 0.3 is 0 Å². The lowest BCUT2D eigenvalue weighted by molar-refractivity contribution is 0.102. The van der Waals surface area contributed by atoms with Crippen molar-refractivity contribution >= 4 is 44.9 Å². The first kappa shape index (κ1) is 11.9. The third-order valence-corrected chi connectivity index (χ3v) is 2.95. The largest absolute Gasteiger partial charge is 0.382 e. The molecule has 2 rings (SSSR count). The molecule has 88 valence electrons. The van der Waals surface area contributed by atoms with Gasteiger partial charge in [0, 0.05) is 15.6 Å². The normalized spacial score (nSPS) is 10.2. The van der Waals surface area contributed by atoms with Crippen LogP contribution in [0, 0.1) is 0 Å². The monoisotopic (exact) mass is 314 g/mol. The quantitative estimate of drug-likeness (QED) is 0.796. The number of nitrogens with one attached hydrogen (secondary N) is 2. The minimum atomic E-state index is -0.336. The van der Waals surface area contributed by atoms with Crippen LogP contribution >= 0.6 is 27.5 Å². The SMILES string of the molecule is Nc1cc(C(=O)Nc2cc(Cl)ccc2Br)[nH]n1. The molecule has 0 fully saturated rings. The number of carbonyl (C=O) groups excluding carboxylic acids is 1. The highest BCUT2D eigenvalue weighted by molar-refractivity contribution is 9.10. The van der Waals surface area contributed by atoms with Crippen LogP contribution in [-0.2, 0) is 0 Å². The molecule has 0 aliphatic carbocycles. The van der Waals surface area contributed by atoms with E-state index in [9.17, 15) is 4.79 Å². The Hall–Kier alpha value is -1.53. The van der Waals surface area contributed by atoms with Crippen LogP contribution in [-0.4, -0.2) is 16.1 Å². The van der Waals surface area contributed by atoms with Gasteiger partial charge in [-0.05, 0) is 34.1 Å². The predicted molar refractivity (Wildman–Crippen MR) is 70.1 cm³/mol. The number of H-pyrrole nitrogens is 1. The van der Waals surface area contributed by atoms with Crippen molar-refractivity contribution in [3.05, 3.63) is 39.5 Å². The van der Waals surface area contributed by atoms with Gasteiger partial charge in [0.05, 0.1) is 5.69 Å². The summed E-state index contributed by atoms with van der Waals surface area (Å²) < 4.78 is 0.739. The first-order valence-corrected chi connectivity index (χ1v) is 5.80. The lowest BCUT2D eigenvalue weighted by Gasteiger charge is -2.06. The van der Waals surface area contributed by atoms with Gasteiger partial charge in [0.1, 0.15) is 11.5 Å². The molecule has 0 atom stereocenters. The number of halogens is 2. The molecule has 7 heteroatoms. The summed E-state index contributed by atoms with van der Waals surface area (Å²) in [5.74, 6) is -0.0718. The summed E-state index contributed by atoms with van der Waals surface area (Å²) in [7, 11) is 0. The van der Waals surface area contributed by atoms with E-state index in [-0.39, 0.29) is 17.4 Å². The van der Waals surface area contributed by atoms with Crippen molar-refractivity contribution in [2.75, 3.05) is 11.1 Å². The first-order chi connectivity index (χ1) is 8.06. The van der Waals surface area contributed by atoms with Crippen LogP contribution in [0.4, 0.5) is 11.5 Å². The van der Waals surface area contributed by atoms with Gasteiger partial charge in [-0.15, -0.1) is 0 Å². The zero-order valence-corrected chi connectivity index (χ0v) is 10.8. The van der Waals surface area contributed by atoms with Crippen molar-refractivity contribution in [3.8, 4) is 0 Å². The Morgan fingerprint density at radius 2 is 2.24 bits per heavy atom. The molecule has 1 aromatic heterocycles. The molecule has 2 aromatic rings. The van der Waals surface area contributed by atoms with E-state index < -0.39 is 0 Å². The fourth-order valence-electron chi connectivity index (χ4n) is 1.24. The lowest BCUT2D eigenvalue weighted by Crippen LogP contribution is -2.12. The van der Waals surface area contributed by atoms with Gasteiger partial charge in [-0.1, -0.05) is 11.6 Å². The van der Waals surface area contributed by atoms with Gasteiger partial charge in [0.25, 0.3) is 5.91 Å². The molecule has 0 radical (unpaired) electrons. The number of hydrogen-bond acceptors (Lipinski definition) is 3. The van der Waals surface area contributed by atoms with Crippen molar-refractivity contribution in [2.45, 2.75) is 0 Å². The van der Waals surface area contributed by atoms with E-state index in [0.717, 1.165) is 4.47 Å². The van der Waals surface area contributed by atoms with Crippen molar-refractivity contribution in [2.24, 2.45) is 0 Å². The number of nitrogens with zero attached hydrogens (tertiary/aromatic N) is 1. The lowest BCUT2D eigenvalue weighted by atomic mass is 10.3. The summed E-state index contributed by atoms with van der Waals surface area (Å²) in [5.41, 5.74) is 6.28. The summed E-state index contributed by atoms with van der Waals surface area (Å²) in [6.45, 7) is 0. The molecule has 5 nitrogen and oxygen atoms in total. The molecule has 1 aromatic carbocycles. The molecule has 0 spiro atoms. The molecule has 0 bridgehead atoms. The van der Waals surface area contributed by atoms with Crippen molar-refractivity contribution in [3.63, 3.8) is 0 Å². The summed E-state index contributed by atoms with van der Waals surface area (Å²) in [4.78, 5) is 11.8. The highest BCUT2D eigenvalue weighted by Gasteiger charge is 2.10. The zero-order chi connectivity index (χ0) is 12.4. The second-order valence-electron chi connectivity index (χ2n) is 3.28. The van der Waals surface area contributed by atoms with Crippen LogP contribution in [0.1, 0.15) is 10.5 Å². The molecule has 4 N–H and O–H groups in total. The Labute approximate surface area is 110 Å². The maximum atomic E-state index is 11.8. The fraction of sp³-hybridized carbons (Fsp3) is 0. The number of amides is 1. The Balaban J connectivity index is 2.21. The molecular formula is C10H8BrClN4O. The Bertz CT molecular complexity index is 569.